The molecule has 1 unspecified atom stereocenters. The minimum atomic E-state index is -4.55. The van der Waals surface area contributed by atoms with Crippen molar-refractivity contribution in [3.05, 3.63) is 51.8 Å². The molecule has 8 heteroatoms. The van der Waals surface area contributed by atoms with E-state index in [1.807, 2.05) is 24.2 Å². The molecule has 0 saturated carbocycles. The lowest BCUT2D eigenvalue weighted by Crippen LogP contribution is -2.34. The SMILES string of the molecule is CC1CN(C(=O)c2cc(C(F)(F)F)[nH]n2)CCc2ccc(Cl)cc21. The maximum absolute atomic E-state index is 12.6. The molecule has 0 bridgehead atoms. The Hall–Kier alpha value is -2.02. The molecule has 0 fully saturated rings. The number of aromatic amines is 1. The summed E-state index contributed by atoms with van der Waals surface area (Å²) < 4.78 is 37.9. The number of carbonyl (C=O) groups is 1. The van der Waals surface area contributed by atoms with Gasteiger partial charge in [0.05, 0.1) is 0 Å². The van der Waals surface area contributed by atoms with Crippen LogP contribution in [-0.4, -0.2) is 34.1 Å². The van der Waals surface area contributed by atoms with Crippen LogP contribution >= 0.6 is 11.6 Å². The third-order valence-corrected chi connectivity index (χ3v) is 4.41. The van der Waals surface area contributed by atoms with Crippen molar-refractivity contribution in [3.63, 3.8) is 0 Å². The van der Waals surface area contributed by atoms with Crippen LogP contribution in [0.2, 0.25) is 5.02 Å². The van der Waals surface area contributed by atoms with Crippen LogP contribution in [0.25, 0.3) is 0 Å². The van der Waals surface area contributed by atoms with Crippen molar-refractivity contribution in [2.45, 2.75) is 25.4 Å². The van der Waals surface area contributed by atoms with Gasteiger partial charge in [0.1, 0.15) is 5.69 Å². The normalized spacial score (nSPS) is 18.2. The third-order valence-electron chi connectivity index (χ3n) is 4.17. The number of carbonyl (C=O) groups excluding carboxylic acids is 1. The van der Waals surface area contributed by atoms with Gasteiger partial charge in [-0.2, -0.15) is 18.3 Å². The van der Waals surface area contributed by atoms with Gasteiger partial charge in [-0.25, -0.2) is 0 Å². The largest absolute Gasteiger partial charge is 0.432 e. The molecule has 1 amide bonds. The minimum absolute atomic E-state index is 0.0335. The number of alkyl halides is 3. The molecule has 1 aliphatic rings. The van der Waals surface area contributed by atoms with Gasteiger partial charge in [-0.15, -0.1) is 0 Å². The summed E-state index contributed by atoms with van der Waals surface area (Å²) in [6, 6.07) is 6.36. The molecule has 0 aliphatic carbocycles. The topological polar surface area (TPSA) is 49.0 Å². The number of benzene rings is 1. The van der Waals surface area contributed by atoms with E-state index in [-0.39, 0.29) is 11.6 Å². The van der Waals surface area contributed by atoms with Crippen LogP contribution in [0.5, 0.6) is 0 Å². The second kappa shape index (κ2) is 6.12. The molecule has 3 rings (SSSR count). The van der Waals surface area contributed by atoms with Crippen molar-refractivity contribution in [3.8, 4) is 0 Å². The molecule has 1 aromatic heterocycles. The number of H-pyrrole nitrogens is 1. The fraction of sp³-hybridized carbons (Fsp3) is 0.375. The molecule has 128 valence electrons. The summed E-state index contributed by atoms with van der Waals surface area (Å²) in [6.45, 7) is 2.79. The van der Waals surface area contributed by atoms with E-state index in [1.165, 1.54) is 4.90 Å². The first-order valence-electron chi connectivity index (χ1n) is 7.46. The second-order valence-electron chi connectivity index (χ2n) is 5.91. The summed E-state index contributed by atoms with van der Waals surface area (Å²) in [5.74, 6) is -0.473. The molecule has 0 saturated heterocycles. The molecule has 24 heavy (non-hydrogen) atoms. The number of amides is 1. The number of hydrogen-bond acceptors (Lipinski definition) is 2. The minimum Gasteiger partial charge on any atom is -0.336 e. The Balaban J connectivity index is 1.81. The standard InChI is InChI=1S/C16H15ClF3N3O/c1-9-8-23(5-4-10-2-3-11(17)6-12(9)10)15(24)13-7-14(22-21-13)16(18,19)20/h2-3,6-7,9H,4-5,8H2,1H3,(H,21,22). The van der Waals surface area contributed by atoms with Crippen LogP contribution in [0.4, 0.5) is 13.2 Å². The lowest BCUT2D eigenvalue weighted by molar-refractivity contribution is -0.141. The van der Waals surface area contributed by atoms with E-state index in [1.54, 1.807) is 6.07 Å². The first-order valence-corrected chi connectivity index (χ1v) is 7.83. The van der Waals surface area contributed by atoms with Crippen molar-refractivity contribution in [1.29, 1.82) is 0 Å². The molecule has 0 spiro atoms. The van der Waals surface area contributed by atoms with Crippen molar-refractivity contribution in [2.24, 2.45) is 0 Å². The highest BCUT2D eigenvalue weighted by molar-refractivity contribution is 6.30. The van der Waals surface area contributed by atoms with Crippen LogP contribution in [-0.2, 0) is 12.6 Å². The van der Waals surface area contributed by atoms with E-state index in [0.29, 0.717) is 24.5 Å². The van der Waals surface area contributed by atoms with E-state index in [9.17, 15) is 18.0 Å². The van der Waals surface area contributed by atoms with Gasteiger partial charge in [-0.05, 0) is 35.6 Å². The Morgan fingerprint density at radius 1 is 1.38 bits per heavy atom. The number of nitrogens with zero attached hydrogens (tertiary/aromatic N) is 2. The van der Waals surface area contributed by atoms with Gasteiger partial charge in [-0.3, -0.25) is 9.89 Å². The quantitative estimate of drug-likeness (QED) is 0.842. The molecular formula is C16H15ClF3N3O. The van der Waals surface area contributed by atoms with E-state index >= 15 is 0 Å². The number of rotatable bonds is 1. The highest BCUT2D eigenvalue weighted by Gasteiger charge is 2.34. The summed E-state index contributed by atoms with van der Waals surface area (Å²) in [5.41, 5.74) is 0.915. The van der Waals surface area contributed by atoms with Crippen LogP contribution in [0.1, 0.15) is 40.2 Å². The predicted octanol–water partition coefficient (Wildman–Crippen LogP) is 3.88. The van der Waals surface area contributed by atoms with Gasteiger partial charge in [0, 0.05) is 24.2 Å². The Bertz CT molecular complexity index is 772. The Morgan fingerprint density at radius 2 is 2.12 bits per heavy atom. The first kappa shape index (κ1) is 16.8. The predicted molar refractivity (Wildman–Crippen MR) is 83.1 cm³/mol. The zero-order chi connectivity index (χ0) is 17.5. The highest BCUT2D eigenvalue weighted by atomic mass is 35.5. The van der Waals surface area contributed by atoms with Crippen molar-refractivity contribution >= 4 is 17.5 Å². The van der Waals surface area contributed by atoms with Crippen LogP contribution < -0.4 is 0 Å². The van der Waals surface area contributed by atoms with Crippen LogP contribution in [0.15, 0.2) is 24.3 Å². The molecule has 1 aliphatic heterocycles. The summed E-state index contributed by atoms with van der Waals surface area (Å²) in [6.07, 6.45) is -3.93. The zero-order valence-electron chi connectivity index (χ0n) is 12.8. The summed E-state index contributed by atoms with van der Waals surface area (Å²) in [7, 11) is 0. The highest BCUT2D eigenvalue weighted by Crippen LogP contribution is 2.30. The van der Waals surface area contributed by atoms with Crippen molar-refractivity contribution < 1.29 is 18.0 Å². The maximum Gasteiger partial charge on any atom is 0.432 e. The molecule has 0 radical (unpaired) electrons. The average Bonchev–Trinajstić information content (AvgIpc) is 2.95. The van der Waals surface area contributed by atoms with E-state index in [0.717, 1.165) is 17.2 Å². The fourth-order valence-electron chi connectivity index (χ4n) is 2.95. The van der Waals surface area contributed by atoms with E-state index < -0.39 is 17.8 Å². The number of halogens is 4. The zero-order valence-corrected chi connectivity index (χ0v) is 13.6. The smallest absolute Gasteiger partial charge is 0.336 e. The van der Waals surface area contributed by atoms with E-state index in [2.05, 4.69) is 5.10 Å². The van der Waals surface area contributed by atoms with Crippen molar-refractivity contribution in [2.75, 3.05) is 13.1 Å². The van der Waals surface area contributed by atoms with E-state index in [4.69, 9.17) is 11.6 Å². The summed E-state index contributed by atoms with van der Waals surface area (Å²) >= 11 is 6.03. The van der Waals surface area contributed by atoms with Gasteiger partial charge in [0.25, 0.3) is 5.91 Å². The van der Waals surface area contributed by atoms with Crippen molar-refractivity contribution in [1.82, 2.24) is 15.1 Å². The van der Waals surface area contributed by atoms with Gasteiger partial charge in [0.15, 0.2) is 5.69 Å². The molecule has 1 atom stereocenters. The lowest BCUT2D eigenvalue weighted by Gasteiger charge is -2.22. The molecule has 2 heterocycles. The Kier molecular flexibility index (Phi) is 4.29. The summed E-state index contributed by atoms with van der Waals surface area (Å²) in [5, 5.41) is 6.02. The number of aromatic nitrogens is 2. The molecule has 2 aromatic rings. The maximum atomic E-state index is 12.6. The molecule has 1 N–H and O–H groups in total. The van der Waals surface area contributed by atoms with Crippen LogP contribution in [0.3, 0.4) is 0 Å². The van der Waals surface area contributed by atoms with Crippen LogP contribution in [0, 0.1) is 0 Å². The molecular weight excluding hydrogens is 343 g/mol. The second-order valence-corrected chi connectivity index (χ2v) is 6.35. The number of hydrogen-bond donors (Lipinski definition) is 1. The monoisotopic (exact) mass is 357 g/mol. The Morgan fingerprint density at radius 3 is 2.79 bits per heavy atom. The van der Waals surface area contributed by atoms with Gasteiger partial charge in [-0.1, -0.05) is 24.6 Å². The first-order chi connectivity index (χ1) is 11.3. The number of fused-ring (bicyclic) bond motifs is 1. The number of nitrogens with one attached hydrogen (secondary N) is 1. The fourth-order valence-corrected chi connectivity index (χ4v) is 3.13. The average molecular weight is 358 g/mol. The van der Waals surface area contributed by atoms with Gasteiger partial charge < -0.3 is 4.90 Å². The molecule has 4 nitrogen and oxygen atoms in total. The van der Waals surface area contributed by atoms with Gasteiger partial charge in [0.2, 0.25) is 0 Å². The lowest BCUT2D eigenvalue weighted by atomic mass is 9.95. The van der Waals surface area contributed by atoms with Gasteiger partial charge >= 0.3 is 6.18 Å². The third kappa shape index (κ3) is 3.26. The summed E-state index contributed by atoms with van der Waals surface area (Å²) in [4.78, 5) is 14.0. The Labute approximate surface area is 141 Å². The molecule has 1 aromatic carbocycles.